The fourth-order valence-corrected chi connectivity index (χ4v) is 0.0546. The maximum absolute atomic E-state index is 10.6. The van der Waals surface area contributed by atoms with Crippen LogP contribution < -0.4 is 51.4 Å². The number of hydrogen-bond donors (Lipinski definition) is 0. The zero-order chi connectivity index (χ0) is 5.91. The fraction of sp³-hybridized carbons (Fsp3) is 0.500. The van der Waals surface area contributed by atoms with Gasteiger partial charge in [0, 0.05) is 0 Å². The summed E-state index contributed by atoms with van der Waals surface area (Å²) < 4.78 is 34.4. The van der Waals surface area contributed by atoms with E-state index >= 15 is 0 Å². The van der Waals surface area contributed by atoms with Crippen LogP contribution in [0.2, 0.25) is 0 Å². The maximum atomic E-state index is 10.6. The number of carbonyl (C=O) groups is 1. The molecule has 0 aromatic carbocycles. The number of alkyl halides is 3. The molecule has 0 aromatic rings. The Morgan fingerprint density at radius 2 is 1.88 bits per heavy atom. The van der Waals surface area contributed by atoms with Crippen molar-refractivity contribution in [2.24, 2.45) is 0 Å². The van der Waals surface area contributed by atoms with Crippen LogP contribution in [0.15, 0.2) is 0 Å². The molecular formula is C2H2F3KO2. The van der Waals surface area contributed by atoms with E-state index in [0.29, 0.717) is 0 Å². The molecule has 0 fully saturated rings. The number of hydrogen-bond acceptors (Lipinski definition) is 2. The molecule has 0 aliphatic carbocycles. The van der Waals surface area contributed by atoms with Crippen molar-refractivity contribution in [1.29, 1.82) is 0 Å². The molecule has 0 amide bonds. The zero-order valence-corrected chi connectivity index (χ0v) is 7.15. The van der Waals surface area contributed by atoms with Gasteiger partial charge in [0.15, 0.2) is 0 Å². The Labute approximate surface area is 87.3 Å². The third-order valence-electron chi connectivity index (χ3n) is 0.182. The molecule has 0 saturated heterocycles. The number of rotatable bonds is 1. The molecule has 0 N–H and O–H groups in total. The van der Waals surface area contributed by atoms with Crippen molar-refractivity contribution >= 4 is 6.47 Å². The first kappa shape index (κ1) is 11.7. The van der Waals surface area contributed by atoms with Gasteiger partial charge >= 0.3 is 57.7 Å². The summed E-state index contributed by atoms with van der Waals surface area (Å²) in [4.78, 5) is 8.88. The Balaban J connectivity index is -0.000000180. The molecule has 0 radical (unpaired) electrons. The summed E-state index contributed by atoms with van der Waals surface area (Å²) in [5.74, 6) is 0. The Morgan fingerprint density at radius 3 is 1.88 bits per heavy atom. The standard InChI is InChI=1S/C2HF3O2.K.H/c3-2(4,5)7-1-6;;/h1H;;/q;+1;-1. The summed E-state index contributed by atoms with van der Waals surface area (Å²) in [5, 5.41) is 0. The second-order valence-electron chi connectivity index (χ2n) is 0.660. The molecular weight excluding hydrogens is 152 g/mol. The van der Waals surface area contributed by atoms with E-state index in [4.69, 9.17) is 4.79 Å². The molecule has 0 unspecified atom stereocenters. The average molecular weight is 154 g/mol. The molecule has 6 heteroatoms. The molecule has 2 nitrogen and oxygen atoms in total. The number of ether oxygens (including phenoxy) is 1. The summed E-state index contributed by atoms with van der Waals surface area (Å²) in [6, 6.07) is 0. The average Bonchev–Trinajstić information content (AvgIpc) is 1.30. The Bertz CT molecular complexity index is 74.7. The Hall–Kier alpha value is 0.896. The van der Waals surface area contributed by atoms with Crippen LogP contribution in [0, 0.1) is 0 Å². The molecule has 44 valence electrons. The van der Waals surface area contributed by atoms with Crippen molar-refractivity contribution in [3.05, 3.63) is 0 Å². The fourth-order valence-electron chi connectivity index (χ4n) is 0.0546. The summed E-state index contributed by atoms with van der Waals surface area (Å²) in [7, 11) is 0. The van der Waals surface area contributed by atoms with Gasteiger partial charge in [0.2, 0.25) is 0 Å². The van der Waals surface area contributed by atoms with Crippen molar-refractivity contribution in [3.63, 3.8) is 0 Å². The minimum Gasteiger partial charge on any atom is -1.00 e. The third kappa shape index (κ3) is 10.0. The molecule has 0 atom stereocenters. The topological polar surface area (TPSA) is 26.3 Å². The van der Waals surface area contributed by atoms with Crippen molar-refractivity contribution in [1.82, 2.24) is 0 Å². The molecule has 0 spiro atoms. The normalized spacial score (nSPS) is 9.38. The van der Waals surface area contributed by atoms with Crippen LogP contribution in [0.4, 0.5) is 13.2 Å². The SMILES string of the molecule is O=COC(F)(F)F.[H-].[K+]. The van der Waals surface area contributed by atoms with Gasteiger partial charge in [0.25, 0.3) is 6.47 Å². The van der Waals surface area contributed by atoms with Gasteiger partial charge in [-0.15, -0.1) is 13.2 Å². The van der Waals surface area contributed by atoms with E-state index in [2.05, 4.69) is 4.74 Å². The van der Waals surface area contributed by atoms with Crippen LogP contribution in [0.3, 0.4) is 0 Å². The predicted molar refractivity (Wildman–Crippen MR) is 14.3 cm³/mol. The molecule has 0 bridgehead atoms. The first-order chi connectivity index (χ1) is 3.06. The second kappa shape index (κ2) is 4.75. The number of halogens is 3. The number of carbonyl (C=O) groups excluding carboxylic acids is 1. The predicted octanol–water partition coefficient (Wildman–Crippen LogP) is -2.20. The largest absolute Gasteiger partial charge is 1.00 e. The summed E-state index contributed by atoms with van der Waals surface area (Å²) in [5.41, 5.74) is 0. The molecule has 0 aliphatic rings. The summed E-state index contributed by atoms with van der Waals surface area (Å²) in [6.07, 6.45) is -4.82. The third-order valence-corrected chi connectivity index (χ3v) is 0.182. The molecule has 0 heterocycles. The van der Waals surface area contributed by atoms with Crippen LogP contribution in [0.1, 0.15) is 1.43 Å². The minimum atomic E-state index is -4.82. The molecule has 0 saturated carbocycles. The van der Waals surface area contributed by atoms with Gasteiger partial charge in [-0.2, -0.15) is 0 Å². The van der Waals surface area contributed by atoms with Crippen LogP contribution >= 0.6 is 0 Å². The van der Waals surface area contributed by atoms with Crippen LogP contribution in [-0.2, 0) is 9.53 Å². The van der Waals surface area contributed by atoms with Crippen molar-refractivity contribution in [3.8, 4) is 0 Å². The van der Waals surface area contributed by atoms with E-state index in [0.717, 1.165) is 0 Å². The van der Waals surface area contributed by atoms with Crippen LogP contribution in [0.5, 0.6) is 0 Å². The minimum absolute atomic E-state index is 0. The van der Waals surface area contributed by atoms with Crippen molar-refractivity contribution in [2.45, 2.75) is 6.36 Å². The molecule has 0 aliphatic heterocycles. The Kier molecular flexibility index (Phi) is 6.92. The first-order valence-electron chi connectivity index (χ1n) is 1.24. The van der Waals surface area contributed by atoms with Gasteiger partial charge in [0.05, 0.1) is 0 Å². The van der Waals surface area contributed by atoms with Crippen molar-refractivity contribution in [2.75, 3.05) is 0 Å². The summed E-state index contributed by atoms with van der Waals surface area (Å²) in [6.45, 7) is -0.667. The maximum Gasteiger partial charge on any atom is 1.00 e. The molecule has 0 rings (SSSR count). The van der Waals surface area contributed by atoms with Gasteiger partial charge in [-0.1, -0.05) is 0 Å². The Morgan fingerprint density at radius 1 is 1.50 bits per heavy atom. The first-order valence-corrected chi connectivity index (χ1v) is 1.24. The quantitative estimate of drug-likeness (QED) is 0.316. The van der Waals surface area contributed by atoms with Gasteiger partial charge < -0.3 is 6.16 Å². The van der Waals surface area contributed by atoms with E-state index in [1.165, 1.54) is 0 Å². The van der Waals surface area contributed by atoms with E-state index in [1.54, 1.807) is 0 Å². The zero-order valence-electron chi connectivity index (χ0n) is 5.03. The van der Waals surface area contributed by atoms with E-state index in [9.17, 15) is 13.2 Å². The van der Waals surface area contributed by atoms with Gasteiger partial charge in [0.1, 0.15) is 0 Å². The monoisotopic (exact) mass is 154 g/mol. The van der Waals surface area contributed by atoms with Crippen LogP contribution in [0.25, 0.3) is 0 Å². The van der Waals surface area contributed by atoms with Gasteiger partial charge in [-0.25, -0.2) is 0 Å². The van der Waals surface area contributed by atoms with Crippen LogP contribution in [-0.4, -0.2) is 12.8 Å². The van der Waals surface area contributed by atoms with E-state index in [1.807, 2.05) is 0 Å². The van der Waals surface area contributed by atoms with E-state index in [-0.39, 0.29) is 52.8 Å². The van der Waals surface area contributed by atoms with Gasteiger partial charge in [-0.05, 0) is 0 Å². The second-order valence-corrected chi connectivity index (χ2v) is 0.660. The molecule has 0 aromatic heterocycles. The smallest absolute Gasteiger partial charge is 1.00 e. The van der Waals surface area contributed by atoms with E-state index < -0.39 is 12.8 Å². The summed E-state index contributed by atoms with van der Waals surface area (Å²) >= 11 is 0. The van der Waals surface area contributed by atoms with Gasteiger partial charge in [-0.3, -0.25) is 4.79 Å². The molecule has 8 heavy (non-hydrogen) atoms. The van der Waals surface area contributed by atoms with Crippen molar-refractivity contribution < 1.29 is 75.5 Å².